The van der Waals surface area contributed by atoms with Crippen molar-refractivity contribution in [3.63, 3.8) is 0 Å². The molecule has 0 radical (unpaired) electrons. The number of benzene rings is 1. The number of aliphatic carboxylic acids is 1. The van der Waals surface area contributed by atoms with Crippen LogP contribution >= 0.6 is 0 Å². The molecule has 0 saturated carbocycles. The lowest BCUT2D eigenvalue weighted by Crippen LogP contribution is -2.44. The van der Waals surface area contributed by atoms with Crippen molar-refractivity contribution >= 4 is 11.9 Å². The van der Waals surface area contributed by atoms with Gasteiger partial charge in [0.2, 0.25) is 5.60 Å². The monoisotopic (exact) mass is 434 g/mol. The van der Waals surface area contributed by atoms with Crippen LogP contribution in [0.5, 0.6) is 11.5 Å². The van der Waals surface area contributed by atoms with Crippen molar-refractivity contribution in [2.75, 3.05) is 0 Å². The maximum Gasteiger partial charge on any atom is 0.348 e. The highest BCUT2D eigenvalue weighted by atomic mass is 16.6. The van der Waals surface area contributed by atoms with Crippen LogP contribution < -0.4 is 9.47 Å². The Morgan fingerprint density at radius 2 is 1.35 bits per heavy atom. The lowest BCUT2D eigenvalue weighted by atomic mass is 9.91. The fourth-order valence-electron chi connectivity index (χ4n) is 3.76. The number of carboxylic acids is 1. The van der Waals surface area contributed by atoms with Crippen molar-refractivity contribution in [2.24, 2.45) is 0 Å². The normalized spacial score (nSPS) is 12.9. The zero-order valence-electron chi connectivity index (χ0n) is 19.8. The van der Waals surface area contributed by atoms with E-state index < -0.39 is 11.6 Å². The molecule has 1 aromatic rings. The van der Waals surface area contributed by atoms with Gasteiger partial charge in [-0.25, -0.2) is 4.79 Å². The van der Waals surface area contributed by atoms with Crippen LogP contribution in [-0.2, 0) is 9.59 Å². The first-order valence-electron chi connectivity index (χ1n) is 12.2. The average Bonchev–Trinajstić information content (AvgIpc) is 2.75. The second-order valence-corrected chi connectivity index (χ2v) is 8.40. The van der Waals surface area contributed by atoms with Crippen LogP contribution in [0.2, 0.25) is 0 Å². The van der Waals surface area contributed by atoms with E-state index in [4.69, 9.17) is 9.47 Å². The molecule has 1 atom stereocenters. The van der Waals surface area contributed by atoms with E-state index in [1.54, 1.807) is 24.3 Å². The molecule has 0 saturated heterocycles. The summed E-state index contributed by atoms with van der Waals surface area (Å²) in [5.41, 5.74) is -1.30. The summed E-state index contributed by atoms with van der Waals surface area (Å²) >= 11 is 0. The molecule has 0 bridgehead atoms. The van der Waals surface area contributed by atoms with E-state index in [9.17, 15) is 14.7 Å². The van der Waals surface area contributed by atoms with E-state index in [2.05, 4.69) is 6.92 Å². The number of carboxylic acid groups (broad SMARTS) is 1. The molecule has 1 aromatic carbocycles. The van der Waals surface area contributed by atoms with E-state index in [1.807, 2.05) is 13.8 Å². The third kappa shape index (κ3) is 10.2. The van der Waals surface area contributed by atoms with E-state index in [-0.39, 0.29) is 5.97 Å². The zero-order chi connectivity index (χ0) is 23.0. The van der Waals surface area contributed by atoms with Gasteiger partial charge in [-0.05, 0) is 37.8 Å². The molecule has 0 aliphatic rings. The van der Waals surface area contributed by atoms with Gasteiger partial charge in [-0.3, -0.25) is 4.79 Å². The summed E-state index contributed by atoms with van der Waals surface area (Å²) in [7, 11) is 0. The second-order valence-electron chi connectivity index (χ2n) is 8.40. The number of rotatable bonds is 18. The topological polar surface area (TPSA) is 72.8 Å². The Morgan fingerprint density at radius 3 is 1.94 bits per heavy atom. The zero-order valence-corrected chi connectivity index (χ0v) is 19.8. The molecule has 5 nitrogen and oxygen atoms in total. The Balaban J connectivity index is 2.65. The SMILES string of the molecule is CCCCCCCCCCC(=O)Oc1ccccc1OC(CCC)(CCCC)C(=O)O. The summed E-state index contributed by atoms with van der Waals surface area (Å²) in [6.45, 7) is 6.19. The molecule has 0 fully saturated rings. The molecule has 176 valence electrons. The number of hydrogen-bond donors (Lipinski definition) is 1. The molecule has 5 heteroatoms. The molecule has 0 aromatic heterocycles. The predicted molar refractivity (Wildman–Crippen MR) is 125 cm³/mol. The first-order valence-corrected chi connectivity index (χ1v) is 12.2. The van der Waals surface area contributed by atoms with Crippen LogP contribution in [0.25, 0.3) is 0 Å². The van der Waals surface area contributed by atoms with E-state index in [1.165, 1.54) is 32.1 Å². The van der Waals surface area contributed by atoms with Crippen molar-refractivity contribution in [3.8, 4) is 11.5 Å². The maximum atomic E-state index is 12.3. The van der Waals surface area contributed by atoms with Crippen LogP contribution in [0.3, 0.4) is 0 Å². The minimum Gasteiger partial charge on any atom is -0.478 e. The van der Waals surface area contributed by atoms with Crippen molar-refractivity contribution in [1.82, 2.24) is 0 Å². The number of carbonyl (C=O) groups is 2. The maximum absolute atomic E-state index is 12.3. The Labute approximate surface area is 188 Å². The Kier molecular flexibility index (Phi) is 13.7. The number of esters is 1. The lowest BCUT2D eigenvalue weighted by molar-refractivity contribution is -0.157. The highest BCUT2D eigenvalue weighted by Gasteiger charge is 2.40. The van der Waals surface area contributed by atoms with Crippen molar-refractivity contribution in [2.45, 2.75) is 116 Å². The van der Waals surface area contributed by atoms with Crippen LogP contribution in [0, 0.1) is 0 Å². The standard InChI is InChI=1S/C26H42O5/c1-4-7-9-10-11-12-13-14-19-24(27)30-22-17-15-16-18-23(22)31-26(20-6-3,25(28)29)21-8-5-2/h15-18H,4-14,19-21H2,1-3H3,(H,28,29). The minimum atomic E-state index is -1.30. The molecule has 1 unspecified atom stereocenters. The average molecular weight is 435 g/mol. The van der Waals surface area contributed by atoms with Gasteiger partial charge in [-0.1, -0.05) is 90.7 Å². The van der Waals surface area contributed by atoms with E-state index in [0.29, 0.717) is 37.2 Å². The van der Waals surface area contributed by atoms with Gasteiger partial charge < -0.3 is 14.6 Å². The summed E-state index contributed by atoms with van der Waals surface area (Å²) < 4.78 is 11.6. The van der Waals surface area contributed by atoms with E-state index >= 15 is 0 Å². The number of hydrogen-bond acceptors (Lipinski definition) is 4. The van der Waals surface area contributed by atoms with Gasteiger partial charge in [0, 0.05) is 6.42 Å². The van der Waals surface area contributed by atoms with Gasteiger partial charge in [0.15, 0.2) is 11.5 Å². The van der Waals surface area contributed by atoms with E-state index in [0.717, 1.165) is 32.1 Å². The van der Waals surface area contributed by atoms with Crippen molar-refractivity contribution in [3.05, 3.63) is 24.3 Å². The molecule has 1 N–H and O–H groups in total. The molecular formula is C26H42O5. The third-order valence-electron chi connectivity index (χ3n) is 5.59. The number of ether oxygens (including phenoxy) is 2. The van der Waals surface area contributed by atoms with Crippen LogP contribution in [-0.4, -0.2) is 22.6 Å². The van der Waals surface area contributed by atoms with Gasteiger partial charge >= 0.3 is 11.9 Å². The first-order chi connectivity index (χ1) is 15.0. The van der Waals surface area contributed by atoms with Crippen LogP contribution in [0.1, 0.15) is 111 Å². The lowest BCUT2D eigenvalue weighted by Gasteiger charge is -2.31. The number of unbranched alkanes of at least 4 members (excludes halogenated alkanes) is 8. The highest BCUT2D eigenvalue weighted by Crippen LogP contribution is 2.34. The largest absolute Gasteiger partial charge is 0.478 e. The quantitative estimate of drug-likeness (QED) is 0.149. The summed E-state index contributed by atoms with van der Waals surface area (Å²) in [5, 5.41) is 9.92. The minimum absolute atomic E-state index is 0.297. The first kappa shape index (κ1) is 27.0. The Morgan fingerprint density at radius 1 is 0.774 bits per heavy atom. The summed E-state index contributed by atoms with van der Waals surface area (Å²) in [5.74, 6) is -0.654. The van der Waals surface area contributed by atoms with Gasteiger partial charge in [0.1, 0.15) is 0 Å². The highest BCUT2D eigenvalue weighted by molar-refractivity contribution is 5.78. The van der Waals surface area contributed by atoms with Gasteiger partial charge in [0.25, 0.3) is 0 Å². The molecule has 0 spiro atoms. The molecule has 31 heavy (non-hydrogen) atoms. The molecule has 1 rings (SSSR count). The summed E-state index contributed by atoms with van der Waals surface area (Å²) in [4.78, 5) is 24.5. The van der Waals surface area contributed by atoms with Gasteiger partial charge in [-0.15, -0.1) is 0 Å². The summed E-state index contributed by atoms with van der Waals surface area (Å²) in [6.07, 6.45) is 12.8. The van der Waals surface area contributed by atoms with Gasteiger partial charge in [-0.2, -0.15) is 0 Å². The predicted octanol–water partition coefficient (Wildman–Crippen LogP) is 7.32. The summed E-state index contributed by atoms with van der Waals surface area (Å²) in [6, 6.07) is 6.88. The molecule has 0 amide bonds. The second kappa shape index (κ2) is 15.7. The third-order valence-corrected chi connectivity index (χ3v) is 5.59. The molecule has 0 heterocycles. The Hall–Kier alpha value is -2.04. The van der Waals surface area contributed by atoms with Gasteiger partial charge in [0.05, 0.1) is 0 Å². The Bertz CT molecular complexity index is 642. The molecule has 0 aliphatic carbocycles. The van der Waals surface area contributed by atoms with Crippen LogP contribution in [0.4, 0.5) is 0 Å². The fourth-order valence-corrected chi connectivity index (χ4v) is 3.76. The molecule has 0 aliphatic heterocycles. The number of carbonyl (C=O) groups excluding carboxylic acids is 1. The van der Waals surface area contributed by atoms with Crippen LogP contribution in [0.15, 0.2) is 24.3 Å². The molecular weight excluding hydrogens is 392 g/mol. The van der Waals surface area contributed by atoms with Crippen molar-refractivity contribution < 1.29 is 24.2 Å². The smallest absolute Gasteiger partial charge is 0.348 e. The van der Waals surface area contributed by atoms with Crippen molar-refractivity contribution in [1.29, 1.82) is 0 Å². The fraction of sp³-hybridized carbons (Fsp3) is 0.692. The number of para-hydroxylation sites is 2.